The van der Waals surface area contributed by atoms with Gasteiger partial charge in [-0.3, -0.25) is 14.4 Å². The molecule has 3 N–H and O–H groups in total. The van der Waals surface area contributed by atoms with Crippen molar-refractivity contribution >= 4 is 64.1 Å². The minimum absolute atomic E-state index is 0.00407. The summed E-state index contributed by atoms with van der Waals surface area (Å²) in [5.41, 5.74) is 3.09. The SMILES string of the molecule is CC(C)(C)c1ccc(-n2nnnc2SCC(=O)Nc2ccc(OCC(=O)Nc3ccc(CC(=O)O)cc3)cc2Cl)c(Cl)c1. The molecule has 0 spiro atoms. The number of hydrogen-bond acceptors (Lipinski definition) is 8. The molecule has 3 aromatic carbocycles. The lowest BCUT2D eigenvalue weighted by Crippen LogP contribution is -2.20. The highest BCUT2D eigenvalue weighted by molar-refractivity contribution is 7.99. The summed E-state index contributed by atoms with van der Waals surface area (Å²) in [6.45, 7) is 6.00. The van der Waals surface area contributed by atoms with Gasteiger partial charge in [-0.05, 0) is 63.4 Å². The smallest absolute Gasteiger partial charge is 0.307 e. The number of carboxylic acids is 1. The van der Waals surface area contributed by atoms with Gasteiger partial charge in [0.05, 0.1) is 33.6 Å². The molecule has 0 saturated carbocycles. The molecule has 0 bridgehead atoms. The molecule has 1 heterocycles. The number of aromatic nitrogens is 4. The standard InChI is InChI=1S/C29H28Cl2N6O5S/c1-29(2,3)18-6-11-24(22(31)13-18)37-28(34-35-36-37)43-16-26(39)33-23-10-9-20(14-21(23)30)42-15-25(38)32-19-7-4-17(5-8-19)12-27(40)41/h4-11,13-14H,12,15-16H2,1-3H3,(H,32,38)(H,33,39)(H,40,41). The van der Waals surface area contributed by atoms with Crippen LogP contribution >= 0.6 is 35.0 Å². The maximum Gasteiger partial charge on any atom is 0.307 e. The van der Waals surface area contributed by atoms with Gasteiger partial charge in [-0.1, -0.05) is 73.9 Å². The Balaban J connectivity index is 1.28. The van der Waals surface area contributed by atoms with Gasteiger partial charge in [-0.15, -0.1) is 5.10 Å². The van der Waals surface area contributed by atoms with E-state index in [9.17, 15) is 14.4 Å². The fourth-order valence-electron chi connectivity index (χ4n) is 3.80. The molecule has 14 heteroatoms. The lowest BCUT2D eigenvalue weighted by Gasteiger charge is -2.20. The van der Waals surface area contributed by atoms with Crippen LogP contribution in [0.4, 0.5) is 11.4 Å². The molecule has 0 aliphatic heterocycles. The summed E-state index contributed by atoms with van der Waals surface area (Å²) in [7, 11) is 0. The summed E-state index contributed by atoms with van der Waals surface area (Å²) in [6, 6.07) is 16.8. The number of rotatable bonds is 11. The second-order valence-electron chi connectivity index (χ2n) is 10.4. The molecule has 0 atom stereocenters. The number of anilines is 2. The fourth-order valence-corrected chi connectivity index (χ4v) is 4.96. The fraction of sp³-hybridized carbons (Fsp3) is 0.241. The van der Waals surface area contributed by atoms with Crippen LogP contribution in [0.3, 0.4) is 0 Å². The van der Waals surface area contributed by atoms with Crippen molar-refractivity contribution in [2.45, 2.75) is 37.8 Å². The molecule has 11 nitrogen and oxygen atoms in total. The first-order valence-electron chi connectivity index (χ1n) is 12.9. The van der Waals surface area contributed by atoms with Crippen molar-refractivity contribution in [3.63, 3.8) is 0 Å². The molecule has 4 aromatic rings. The summed E-state index contributed by atoms with van der Waals surface area (Å²) in [5, 5.41) is 27.1. The van der Waals surface area contributed by atoms with Crippen LogP contribution in [0, 0.1) is 0 Å². The third-order valence-corrected chi connectivity index (χ3v) is 7.53. The number of carbonyl (C=O) groups excluding carboxylic acids is 2. The molecule has 43 heavy (non-hydrogen) atoms. The summed E-state index contributed by atoms with van der Waals surface area (Å²) in [5.74, 6) is -1.35. The molecule has 224 valence electrons. The topological polar surface area (TPSA) is 148 Å². The van der Waals surface area contributed by atoms with Crippen molar-refractivity contribution in [2.24, 2.45) is 0 Å². The Bertz CT molecular complexity index is 1640. The third-order valence-electron chi connectivity index (χ3n) is 5.99. The summed E-state index contributed by atoms with van der Waals surface area (Å²) in [4.78, 5) is 35.7. The number of nitrogens with one attached hydrogen (secondary N) is 2. The number of carboxylic acid groups (broad SMARTS) is 1. The number of nitrogens with zero attached hydrogens (tertiary/aromatic N) is 4. The third kappa shape index (κ3) is 8.93. The Morgan fingerprint density at radius 1 is 0.953 bits per heavy atom. The van der Waals surface area contributed by atoms with Crippen LogP contribution in [0.25, 0.3) is 5.69 Å². The van der Waals surface area contributed by atoms with Gasteiger partial charge >= 0.3 is 5.97 Å². The number of benzene rings is 3. The van der Waals surface area contributed by atoms with Gasteiger partial charge < -0.3 is 20.5 Å². The largest absolute Gasteiger partial charge is 0.484 e. The first kappa shape index (κ1) is 31.8. The van der Waals surface area contributed by atoms with E-state index in [-0.39, 0.29) is 35.1 Å². The van der Waals surface area contributed by atoms with Gasteiger partial charge in [0.1, 0.15) is 5.75 Å². The van der Waals surface area contributed by atoms with E-state index in [1.54, 1.807) is 36.4 Å². The second kappa shape index (κ2) is 13.9. The van der Waals surface area contributed by atoms with Gasteiger partial charge in [0.25, 0.3) is 5.91 Å². The first-order chi connectivity index (χ1) is 20.4. The molecule has 4 rings (SSSR count). The van der Waals surface area contributed by atoms with E-state index >= 15 is 0 Å². The number of hydrogen-bond donors (Lipinski definition) is 3. The Morgan fingerprint density at radius 2 is 1.70 bits per heavy atom. The van der Waals surface area contributed by atoms with E-state index in [1.807, 2.05) is 18.2 Å². The molecule has 0 saturated heterocycles. The van der Waals surface area contributed by atoms with Crippen molar-refractivity contribution in [1.29, 1.82) is 0 Å². The Hall–Kier alpha value is -4.13. The molecule has 0 radical (unpaired) electrons. The lowest BCUT2D eigenvalue weighted by atomic mass is 9.87. The van der Waals surface area contributed by atoms with Crippen LogP contribution in [0.2, 0.25) is 10.0 Å². The predicted octanol–water partition coefficient (Wildman–Crippen LogP) is 5.64. The second-order valence-corrected chi connectivity index (χ2v) is 12.1. The summed E-state index contributed by atoms with van der Waals surface area (Å²) in [6.07, 6.45) is -0.101. The molecular weight excluding hydrogens is 615 g/mol. The molecule has 0 aliphatic carbocycles. The van der Waals surface area contributed by atoms with Crippen molar-refractivity contribution in [3.05, 3.63) is 81.8 Å². The average Bonchev–Trinajstić information content (AvgIpc) is 3.41. The van der Waals surface area contributed by atoms with Crippen LogP contribution < -0.4 is 15.4 Å². The number of carbonyl (C=O) groups is 3. The van der Waals surface area contributed by atoms with E-state index in [1.165, 1.54) is 10.7 Å². The summed E-state index contributed by atoms with van der Waals surface area (Å²) >= 11 is 14.0. The van der Waals surface area contributed by atoms with Gasteiger partial charge in [0.15, 0.2) is 6.61 Å². The van der Waals surface area contributed by atoms with E-state index in [0.29, 0.717) is 38.6 Å². The number of aliphatic carboxylic acids is 1. The Labute approximate surface area is 261 Å². The van der Waals surface area contributed by atoms with E-state index < -0.39 is 11.9 Å². The van der Waals surface area contributed by atoms with Crippen molar-refractivity contribution in [3.8, 4) is 11.4 Å². The Morgan fingerprint density at radius 3 is 2.35 bits per heavy atom. The molecule has 0 unspecified atom stereocenters. The number of thioether (sulfide) groups is 1. The average molecular weight is 644 g/mol. The van der Waals surface area contributed by atoms with E-state index in [0.717, 1.165) is 17.3 Å². The van der Waals surface area contributed by atoms with Gasteiger partial charge in [0.2, 0.25) is 11.1 Å². The van der Waals surface area contributed by atoms with E-state index in [4.69, 9.17) is 33.0 Å². The minimum Gasteiger partial charge on any atom is -0.484 e. The zero-order valence-corrected chi connectivity index (χ0v) is 25.8. The number of tetrazole rings is 1. The number of amides is 2. The van der Waals surface area contributed by atoms with Crippen LogP contribution in [0.15, 0.2) is 65.8 Å². The highest BCUT2D eigenvalue weighted by Crippen LogP contribution is 2.31. The van der Waals surface area contributed by atoms with Gasteiger partial charge in [-0.25, -0.2) is 0 Å². The quantitative estimate of drug-likeness (QED) is 0.177. The highest BCUT2D eigenvalue weighted by atomic mass is 35.5. The van der Waals surface area contributed by atoms with Crippen molar-refractivity contribution in [1.82, 2.24) is 20.2 Å². The first-order valence-corrected chi connectivity index (χ1v) is 14.7. The normalized spacial score (nSPS) is 11.2. The number of ether oxygens (including phenoxy) is 1. The maximum absolute atomic E-state index is 12.7. The van der Waals surface area contributed by atoms with Crippen LogP contribution in [-0.2, 0) is 26.2 Å². The predicted molar refractivity (Wildman–Crippen MR) is 166 cm³/mol. The van der Waals surface area contributed by atoms with Crippen LogP contribution in [0.1, 0.15) is 31.9 Å². The van der Waals surface area contributed by atoms with Crippen LogP contribution in [0.5, 0.6) is 5.75 Å². The summed E-state index contributed by atoms with van der Waals surface area (Å²) < 4.78 is 7.00. The minimum atomic E-state index is -0.935. The lowest BCUT2D eigenvalue weighted by molar-refractivity contribution is -0.136. The zero-order chi connectivity index (χ0) is 31.1. The number of halogens is 2. The van der Waals surface area contributed by atoms with E-state index in [2.05, 4.69) is 46.9 Å². The Kier molecular flexibility index (Phi) is 10.3. The van der Waals surface area contributed by atoms with Crippen LogP contribution in [-0.4, -0.2) is 55.5 Å². The molecule has 2 amide bonds. The molecule has 0 aliphatic rings. The molecule has 0 fully saturated rings. The molecule has 1 aromatic heterocycles. The maximum atomic E-state index is 12.7. The highest BCUT2D eigenvalue weighted by Gasteiger charge is 2.19. The van der Waals surface area contributed by atoms with Crippen molar-refractivity contribution in [2.75, 3.05) is 23.0 Å². The van der Waals surface area contributed by atoms with Crippen molar-refractivity contribution < 1.29 is 24.2 Å². The van der Waals surface area contributed by atoms with Gasteiger partial charge in [0, 0.05) is 11.8 Å². The molecular formula is C29H28Cl2N6O5S. The zero-order valence-electron chi connectivity index (χ0n) is 23.4. The monoisotopic (exact) mass is 642 g/mol. The van der Waals surface area contributed by atoms with Gasteiger partial charge in [-0.2, -0.15) is 4.68 Å².